The number of rotatable bonds is 20. The molecule has 1 heterocycles. The second kappa shape index (κ2) is 30.5. The van der Waals surface area contributed by atoms with Crippen molar-refractivity contribution in [3.05, 3.63) is 0 Å². The molecule has 0 spiro atoms. The van der Waals surface area contributed by atoms with Gasteiger partial charge in [0, 0.05) is 25.4 Å². The molecule has 1 aliphatic heterocycles. The zero-order valence-electron chi connectivity index (χ0n) is 21.7. The lowest BCUT2D eigenvalue weighted by molar-refractivity contribution is -0.134. The minimum Gasteiger partial charge on any atom is -0.480 e. The molecular weight excluding hydrogens is 475 g/mol. The monoisotopic (exact) mass is 526 g/mol. The summed E-state index contributed by atoms with van der Waals surface area (Å²) in [5.74, 6) is 0.301. The van der Waals surface area contributed by atoms with Crippen LogP contribution in [-0.2, 0) is 4.79 Å². The van der Waals surface area contributed by atoms with Crippen molar-refractivity contribution in [2.45, 2.75) is 110 Å². The van der Waals surface area contributed by atoms with E-state index in [0.717, 1.165) is 26.1 Å². The van der Waals surface area contributed by atoms with Crippen molar-refractivity contribution in [1.29, 1.82) is 0 Å². The Morgan fingerprint density at radius 2 is 1.24 bits per heavy atom. The molecule has 0 atom stereocenters. The van der Waals surface area contributed by atoms with Gasteiger partial charge < -0.3 is 20.2 Å². The first-order valence-electron chi connectivity index (χ1n) is 13.4. The number of carboxylic acids is 1. The van der Waals surface area contributed by atoms with Crippen molar-refractivity contribution in [2.75, 3.05) is 44.6 Å². The molecule has 0 bridgehead atoms. The number of hydrogen-bond acceptors (Lipinski definition) is 5. The number of unbranched alkanes of at least 4 members (excludes halogenated alkanes) is 14. The summed E-state index contributed by atoms with van der Waals surface area (Å²) in [5, 5.41) is 24.4. The SMILES string of the molecule is CCCCCCCCCCCCCCCCCC1=NCCN1CCO.O=C(O)CCl.OCCCl. The molecule has 8 heteroatoms. The van der Waals surface area contributed by atoms with E-state index in [1.807, 2.05) is 0 Å². The molecule has 0 unspecified atom stereocenters. The molecule has 0 aromatic heterocycles. The van der Waals surface area contributed by atoms with Gasteiger partial charge in [-0.15, -0.1) is 23.2 Å². The van der Waals surface area contributed by atoms with Gasteiger partial charge in [-0.1, -0.05) is 96.8 Å². The Morgan fingerprint density at radius 1 is 0.824 bits per heavy atom. The lowest BCUT2D eigenvalue weighted by Crippen LogP contribution is -2.30. The van der Waals surface area contributed by atoms with E-state index in [2.05, 4.69) is 16.8 Å². The van der Waals surface area contributed by atoms with Gasteiger partial charge in [-0.2, -0.15) is 0 Å². The van der Waals surface area contributed by atoms with Crippen LogP contribution in [0.2, 0.25) is 0 Å². The highest BCUT2D eigenvalue weighted by Gasteiger charge is 2.14. The van der Waals surface area contributed by atoms with Crippen LogP contribution in [0.4, 0.5) is 0 Å². The fraction of sp³-hybridized carbons (Fsp3) is 0.923. The van der Waals surface area contributed by atoms with E-state index in [4.69, 9.17) is 38.5 Å². The zero-order chi connectivity index (χ0) is 25.7. The molecule has 0 amide bonds. The largest absolute Gasteiger partial charge is 0.480 e. The summed E-state index contributed by atoms with van der Waals surface area (Å²) in [5.41, 5.74) is 0. The highest BCUT2D eigenvalue weighted by molar-refractivity contribution is 6.26. The number of aliphatic carboxylic acids is 1. The Balaban J connectivity index is 0. The molecule has 0 aliphatic carbocycles. The molecule has 1 rings (SSSR count). The fourth-order valence-corrected chi connectivity index (χ4v) is 3.78. The van der Waals surface area contributed by atoms with Gasteiger partial charge in [0.2, 0.25) is 0 Å². The first-order valence-corrected chi connectivity index (χ1v) is 14.5. The standard InChI is InChI=1S/C22H44N2O.C2H3ClO2.C2H5ClO/c1-2-3-4-5-6-7-8-9-10-11-12-13-14-15-16-17-22-23-18-19-24(22)20-21-25;3-1-2(4)5;3-1-2-4/h25H,2-21H2,1H3;1H2,(H,4,5);4H,1-2H2. The maximum Gasteiger partial charge on any atom is 0.318 e. The van der Waals surface area contributed by atoms with Gasteiger partial charge in [-0.25, -0.2) is 0 Å². The van der Waals surface area contributed by atoms with Crippen LogP contribution < -0.4 is 0 Å². The quantitative estimate of drug-likeness (QED) is 0.124. The maximum atomic E-state index is 9.24. The van der Waals surface area contributed by atoms with Crippen LogP contribution in [0.3, 0.4) is 0 Å². The number of carboxylic acid groups (broad SMARTS) is 1. The molecule has 0 radical (unpaired) electrons. The summed E-state index contributed by atoms with van der Waals surface area (Å²) in [6.45, 7) is 5.32. The summed E-state index contributed by atoms with van der Waals surface area (Å²) in [7, 11) is 0. The summed E-state index contributed by atoms with van der Waals surface area (Å²) in [6, 6.07) is 0. The molecule has 34 heavy (non-hydrogen) atoms. The van der Waals surface area contributed by atoms with E-state index in [-0.39, 0.29) is 19.1 Å². The van der Waals surface area contributed by atoms with Gasteiger partial charge in [-0.05, 0) is 6.42 Å². The first kappa shape index (κ1) is 35.6. The van der Waals surface area contributed by atoms with E-state index < -0.39 is 5.97 Å². The third kappa shape index (κ3) is 27.7. The van der Waals surface area contributed by atoms with Crippen LogP contribution >= 0.6 is 23.2 Å². The smallest absolute Gasteiger partial charge is 0.318 e. The van der Waals surface area contributed by atoms with Gasteiger partial charge in [0.05, 0.1) is 25.6 Å². The molecule has 6 nitrogen and oxygen atoms in total. The van der Waals surface area contributed by atoms with Crippen LogP contribution in [0.25, 0.3) is 0 Å². The lowest BCUT2D eigenvalue weighted by atomic mass is 10.0. The number of aliphatic hydroxyl groups excluding tert-OH is 2. The summed E-state index contributed by atoms with van der Waals surface area (Å²) >= 11 is 9.67. The van der Waals surface area contributed by atoms with Crippen molar-refractivity contribution in [1.82, 2.24) is 4.90 Å². The zero-order valence-corrected chi connectivity index (χ0v) is 23.2. The number of nitrogens with zero attached hydrogens (tertiary/aromatic N) is 2. The normalized spacial score (nSPS) is 12.5. The van der Waals surface area contributed by atoms with E-state index in [9.17, 15) is 4.79 Å². The molecule has 204 valence electrons. The second-order valence-corrected chi connectivity index (χ2v) is 9.29. The molecule has 0 aromatic carbocycles. The highest BCUT2D eigenvalue weighted by atomic mass is 35.5. The summed E-state index contributed by atoms with van der Waals surface area (Å²) in [4.78, 5) is 16.1. The Bertz CT molecular complexity index is 453. The number of aliphatic imine (C=N–C) groups is 1. The third-order valence-electron chi connectivity index (χ3n) is 5.60. The number of aliphatic hydroxyl groups is 2. The average molecular weight is 528 g/mol. The Hall–Kier alpha value is -0.560. The lowest BCUT2D eigenvalue weighted by Gasteiger charge is -2.18. The average Bonchev–Trinajstić information content (AvgIpc) is 3.29. The molecule has 0 saturated carbocycles. The maximum absolute atomic E-state index is 9.24. The van der Waals surface area contributed by atoms with Crippen LogP contribution in [-0.4, -0.2) is 76.6 Å². The summed E-state index contributed by atoms with van der Waals surface area (Å²) < 4.78 is 0. The van der Waals surface area contributed by atoms with Gasteiger partial charge in [0.1, 0.15) is 5.88 Å². The van der Waals surface area contributed by atoms with E-state index >= 15 is 0 Å². The van der Waals surface area contributed by atoms with Crippen molar-refractivity contribution in [2.24, 2.45) is 4.99 Å². The number of halogens is 2. The van der Waals surface area contributed by atoms with Crippen molar-refractivity contribution < 1.29 is 20.1 Å². The highest BCUT2D eigenvalue weighted by Crippen LogP contribution is 2.15. The van der Waals surface area contributed by atoms with Gasteiger partial charge in [0.15, 0.2) is 0 Å². The Labute approximate surface area is 219 Å². The Morgan fingerprint density at radius 3 is 1.59 bits per heavy atom. The predicted molar refractivity (Wildman–Crippen MR) is 147 cm³/mol. The van der Waals surface area contributed by atoms with Crippen LogP contribution in [0.5, 0.6) is 0 Å². The molecular formula is C26H52Cl2N2O4. The first-order chi connectivity index (χ1) is 16.6. The number of β-amino-alcohol motifs (C(OH)–C–C–N with tert-alkyl or cyclic N) is 1. The molecule has 3 N–H and O–H groups in total. The Kier molecular flexibility index (Phi) is 31.9. The molecule has 0 aromatic rings. The number of carbonyl (C=O) groups is 1. The van der Waals surface area contributed by atoms with Crippen molar-refractivity contribution in [3.8, 4) is 0 Å². The topological polar surface area (TPSA) is 93.4 Å². The molecule has 1 aliphatic rings. The minimum absolute atomic E-state index is 0.0849. The van der Waals surface area contributed by atoms with Gasteiger partial charge in [0.25, 0.3) is 0 Å². The van der Waals surface area contributed by atoms with E-state index in [0.29, 0.717) is 5.88 Å². The van der Waals surface area contributed by atoms with E-state index in [1.54, 1.807) is 0 Å². The minimum atomic E-state index is -0.980. The van der Waals surface area contributed by atoms with Crippen molar-refractivity contribution >= 4 is 35.0 Å². The van der Waals surface area contributed by atoms with Gasteiger partial charge >= 0.3 is 5.97 Å². The third-order valence-corrected chi connectivity index (χ3v) is 6.00. The van der Waals surface area contributed by atoms with Crippen molar-refractivity contribution in [3.63, 3.8) is 0 Å². The molecule has 0 fully saturated rings. The van der Waals surface area contributed by atoms with Crippen LogP contribution in [0.15, 0.2) is 4.99 Å². The number of hydrogen-bond donors (Lipinski definition) is 3. The fourth-order valence-electron chi connectivity index (χ4n) is 3.78. The van der Waals surface area contributed by atoms with E-state index in [1.165, 1.54) is 102 Å². The van der Waals surface area contributed by atoms with Crippen LogP contribution in [0, 0.1) is 0 Å². The second-order valence-electron chi connectivity index (χ2n) is 8.65. The number of amidine groups is 1. The molecule has 0 saturated heterocycles. The summed E-state index contributed by atoms with van der Waals surface area (Å²) in [6.07, 6.45) is 22.3. The number of alkyl halides is 2. The van der Waals surface area contributed by atoms with Crippen LogP contribution in [0.1, 0.15) is 110 Å². The predicted octanol–water partition coefficient (Wildman–Crippen LogP) is 6.48. The van der Waals surface area contributed by atoms with Gasteiger partial charge in [-0.3, -0.25) is 9.79 Å².